The quantitative estimate of drug-likeness (QED) is 0.0430. The average Bonchev–Trinajstić information content (AvgIpc) is 3.13. The van der Waals surface area contributed by atoms with Crippen LogP contribution in [0.25, 0.3) is 0 Å². The molecule has 1 amide bonds. The van der Waals surface area contributed by atoms with Crippen molar-refractivity contribution in [2.75, 3.05) is 13.2 Å². The van der Waals surface area contributed by atoms with Crippen molar-refractivity contribution < 1.29 is 24.5 Å². The van der Waals surface area contributed by atoms with Gasteiger partial charge in [-0.15, -0.1) is 0 Å². The standard InChI is InChI=1S/C45H89NO5/c1-3-5-7-9-11-13-18-23-27-31-35-39-45(50)51-40-36-32-28-24-20-17-15-14-16-19-22-26-30-34-38-44(49)46-42(41-47)43(48)37-33-29-25-21-12-10-8-6-4-2/h42-43,47-48H,3-41H2,1-2H3,(H,46,49). The van der Waals surface area contributed by atoms with Crippen molar-refractivity contribution >= 4 is 11.9 Å². The molecule has 0 aliphatic rings. The van der Waals surface area contributed by atoms with Gasteiger partial charge in [-0.05, 0) is 25.7 Å². The van der Waals surface area contributed by atoms with E-state index >= 15 is 0 Å². The predicted octanol–water partition coefficient (Wildman–Crippen LogP) is 12.8. The van der Waals surface area contributed by atoms with Crippen molar-refractivity contribution in [1.29, 1.82) is 0 Å². The molecule has 0 bridgehead atoms. The topological polar surface area (TPSA) is 95.9 Å². The zero-order valence-corrected chi connectivity index (χ0v) is 34.4. The van der Waals surface area contributed by atoms with E-state index in [9.17, 15) is 19.8 Å². The predicted molar refractivity (Wildman–Crippen MR) is 218 cm³/mol. The molecule has 51 heavy (non-hydrogen) atoms. The van der Waals surface area contributed by atoms with Crippen molar-refractivity contribution in [2.24, 2.45) is 0 Å². The lowest BCUT2D eigenvalue weighted by Crippen LogP contribution is -2.45. The van der Waals surface area contributed by atoms with E-state index in [4.69, 9.17) is 4.74 Å². The highest BCUT2D eigenvalue weighted by molar-refractivity contribution is 5.76. The van der Waals surface area contributed by atoms with E-state index in [1.807, 2.05) is 0 Å². The number of rotatable bonds is 42. The molecule has 0 aromatic rings. The van der Waals surface area contributed by atoms with Crippen molar-refractivity contribution in [2.45, 2.75) is 264 Å². The summed E-state index contributed by atoms with van der Waals surface area (Å²) in [5, 5.41) is 23.0. The highest BCUT2D eigenvalue weighted by Crippen LogP contribution is 2.16. The van der Waals surface area contributed by atoms with Gasteiger partial charge in [-0.3, -0.25) is 9.59 Å². The molecule has 0 aromatic heterocycles. The molecule has 3 N–H and O–H groups in total. The summed E-state index contributed by atoms with van der Waals surface area (Å²) in [7, 11) is 0. The van der Waals surface area contributed by atoms with Gasteiger partial charge >= 0.3 is 5.97 Å². The molecule has 6 heteroatoms. The lowest BCUT2D eigenvalue weighted by molar-refractivity contribution is -0.143. The minimum Gasteiger partial charge on any atom is -0.466 e. The molecule has 304 valence electrons. The summed E-state index contributed by atoms with van der Waals surface area (Å²) in [6.45, 7) is 4.90. The van der Waals surface area contributed by atoms with E-state index in [0.29, 0.717) is 25.9 Å². The van der Waals surface area contributed by atoms with Crippen LogP contribution in [-0.4, -0.2) is 47.4 Å². The second-order valence-electron chi connectivity index (χ2n) is 15.7. The molecule has 0 aliphatic heterocycles. The van der Waals surface area contributed by atoms with Crippen LogP contribution in [0.3, 0.4) is 0 Å². The summed E-state index contributed by atoms with van der Waals surface area (Å²) in [6, 6.07) is -0.545. The highest BCUT2D eigenvalue weighted by Gasteiger charge is 2.20. The smallest absolute Gasteiger partial charge is 0.305 e. The summed E-state index contributed by atoms with van der Waals surface area (Å²) in [4.78, 5) is 24.3. The SMILES string of the molecule is CCCCCCCCCCCCCC(=O)OCCCCCCCCCCCCCCCCC(=O)NC(CO)C(O)CCCCCCCCCCC. The minimum atomic E-state index is -0.666. The van der Waals surface area contributed by atoms with Crippen molar-refractivity contribution in [1.82, 2.24) is 5.32 Å². The zero-order chi connectivity index (χ0) is 37.3. The van der Waals surface area contributed by atoms with Crippen LogP contribution in [0.2, 0.25) is 0 Å². The largest absolute Gasteiger partial charge is 0.466 e. The van der Waals surface area contributed by atoms with Gasteiger partial charge in [0.15, 0.2) is 0 Å². The molecule has 0 radical (unpaired) electrons. The Balaban J connectivity index is 3.42. The number of hydrogen-bond donors (Lipinski definition) is 3. The fourth-order valence-electron chi connectivity index (χ4n) is 7.11. The second-order valence-corrected chi connectivity index (χ2v) is 15.7. The average molecular weight is 724 g/mol. The molecule has 0 saturated carbocycles. The lowest BCUT2D eigenvalue weighted by atomic mass is 10.0. The number of nitrogens with one attached hydrogen (secondary N) is 1. The number of ether oxygens (including phenoxy) is 1. The van der Waals surface area contributed by atoms with Gasteiger partial charge < -0.3 is 20.3 Å². The molecule has 0 spiro atoms. The van der Waals surface area contributed by atoms with Crippen LogP contribution in [0.1, 0.15) is 251 Å². The minimum absolute atomic E-state index is 0.00277. The first-order valence-electron chi connectivity index (χ1n) is 22.8. The van der Waals surface area contributed by atoms with E-state index in [1.165, 1.54) is 167 Å². The summed E-state index contributed by atoms with van der Waals surface area (Å²) in [5.74, 6) is -0.0503. The number of carbonyl (C=O) groups is 2. The van der Waals surface area contributed by atoms with E-state index < -0.39 is 12.1 Å². The van der Waals surface area contributed by atoms with E-state index in [-0.39, 0.29) is 18.5 Å². The summed E-state index contributed by atoms with van der Waals surface area (Å²) in [6.07, 6.45) is 43.4. The van der Waals surface area contributed by atoms with Crippen LogP contribution in [-0.2, 0) is 14.3 Å². The maximum Gasteiger partial charge on any atom is 0.305 e. The van der Waals surface area contributed by atoms with Crippen LogP contribution in [0, 0.1) is 0 Å². The number of esters is 1. The summed E-state index contributed by atoms with van der Waals surface area (Å²) in [5.41, 5.74) is 0. The first-order chi connectivity index (χ1) is 25.0. The Morgan fingerprint density at radius 2 is 0.804 bits per heavy atom. The highest BCUT2D eigenvalue weighted by atomic mass is 16.5. The molecular formula is C45H89NO5. The molecule has 2 atom stereocenters. The van der Waals surface area contributed by atoms with Gasteiger partial charge in [-0.25, -0.2) is 0 Å². The van der Waals surface area contributed by atoms with Crippen LogP contribution in [0.5, 0.6) is 0 Å². The zero-order valence-electron chi connectivity index (χ0n) is 34.4. The normalized spacial score (nSPS) is 12.6. The van der Waals surface area contributed by atoms with Gasteiger partial charge in [0, 0.05) is 12.8 Å². The number of unbranched alkanes of at least 4 members (excludes halogenated alkanes) is 31. The van der Waals surface area contributed by atoms with E-state index in [1.54, 1.807) is 0 Å². The van der Waals surface area contributed by atoms with Crippen LogP contribution < -0.4 is 5.32 Å². The number of aliphatic hydroxyl groups excluding tert-OH is 2. The van der Waals surface area contributed by atoms with Crippen molar-refractivity contribution in [3.63, 3.8) is 0 Å². The van der Waals surface area contributed by atoms with Gasteiger partial charge in [-0.2, -0.15) is 0 Å². The lowest BCUT2D eigenvalue weighted by Gasteiger charge is -2.22. The molecule has 0 aromatic carbocycles. The number of aliphatic hydroxyl groups is 2. The van der Waals surface area contributed by atoms with Gasteiger partial charge in [0.05, 0.1) is 25.4 Å². The first-order valence-corrected chi connectivity index (χ1v) is 22.8. The monoisotopic (exact) mass is 724 g/mol. The second kappa shape index (κ2) is 41.6. The molecule has 0 fully saturated rings. The fourth-order valence-corrected chi connectivity index (χ4v) is 7.11. The number of amides is 1. The van der Waals surface area contributed by atoms with Crippen LogP contribution in [0.4, 0.5) is 0 Å². The number of carbonyl (C=O) groups excluding carboxylic acids is 2. The Hall–Kier alpha value is -1.14. The summed E-state index contributed by atoms with van der Waals surface area (Å²) >= 11 is 0. The maximum atomic E-state index is 12.4. The Morgan fingerprint density at radius 3 is 1.20 bits per heavy atom. The molecule has 6 nitrogen and oxygen atoms in total. The molecule has 0 saturated heterocycles. The van der Waals surface area contributed by atoms with Gasteiger partial charge in [-0.1, -0.05) is 213 Å². The van der Waals surface area contributed by atoms with Gasteiger partial charge in [0.2, 0.25) is 5.91 Å². The third-order valence-electron chi connectivity index (χ3n) is 10.7. The molecule has 0 aliphatic carbocycles. The Labute approximate surface area is 317 Å². The molecule has 0 rings (SSSR count). The van der Waals surface area contributed by atoms with Crippen molar-refractivity contribution in [3.05, 3.63) is 0 Å². The third kappa shape index (κ3) is 38.4. The Morgan fingerprint density at radius 1 is 0.471 bits per heavy atom. The maximum absolute atomic E-state index is 12.4. The fraction of sp³-hybridized carbons (Fsp3) is 0.956. The van der Waals surface area contributed by atoms with Gasteiger partial charge in [0.25, 0.3) is 0 Å². The number of hydrogen-bond acceptors (Lipinski definition) is 5. The molecular weight excluding hydrogens is 634 g/mol. The van der Waals surface area contributed by atoms with Crippen molar-refractivity contribution in [3.8, 4) is 0 Å². The van der Waals surface area contributed by atoms with E-state index in [2.05, 4.69) is 19.2 Å². The van der Waals surface area contributed by atoms with Crippen LogP contribution in [0.15, 0.2) is 0 Å². The van der Waals surface area contributed by atoms with Crippen LogP contribution >= 0.6 is 0 Å². The molecule has 0 heterocycles. The Kier molecular flexibility index (Phi) is 40.7. The van der Waals surface area contributed by atoms with Gasteiger partial charge in [0.1, 0.15) is 0 Å². The molecule has 2 unspecified atom stereocenters. The van der Waals surface area contributed by atoms with E-state index in [0.717, 1.165) is 51.4 Å². The Bertz CT molecular complexity index is 717. The summed E-state index contributed by atoms with van der Waals surface area (Å²) < 4.78 is 5.44. The first kappa shape index (κ1) is 49.9. The third-order valence-corrected chi connectivity index (χ3v) is 10.7.